The molecule has 1 aromatic heterocycles. The zero-order valence-corrected chi connectivity index (χ0v) is 12.7. The average molecular weight is 304 g/mol. The molecule has 5 nitrogen and oxygen atoms in total. The van der Waals surface area contributed by atoms with E-state index < -0.39 is 10.0 Å². The normalized spacial score (nSPS) is 24.5. The Morgan fingerprint density at radius 2 is 2.26 bits per heavy atom. The highest BCUT2D eigenvalue weighted by Gasteiger charge is 2.29. The van der Waals surface area contributed by atoms with Gasteiger partial charge < -0.3 is 4.52 Å². The molecular formula is C12H20N2O3S2. The first-order chi connectivity index (χ1) is 9.11. The van der Waals surface area contributed by atoms with E-state index in [0.717, 1.165) is 25.0 Å². The van der Waals surface area contributed by atoms with Gasteiger partial charge in [-0.25, -0.2) is 13.1 Å². The number of thioether (sulfide) groups is 1. The van der Waals surface area contributed by atoms with Crippen LogP contribution in [0.3, 0.4) is 0 Å². The minimum Gasteiger partial charge on any atom is -0.364 e. The fourth-order valence-corrected chi connectivity index (χ4v) is 5.07. The molecule has 7 heteroatoms. The van der Waals surface area contributed by atoms with Crippen molar-refractivity contribution in [3.63, 3.8) is 0 Å². The lowest BCUT2D eigenvalue weighted by Crippen LogP contribution is -2.44. The number of hydrogen-bond acceptors (Lipinski definition) is 5. The van der Waals surface area contributed by atoms with E-state index in [9.17, 15) is 8.42 Å². The van der Waals surface area contributed by atoms with E-state index >= 15 is 0 Å². The number of sulfonamides is 1. The molecule has 0 unspecified atom stereocenters. The molecule has 0 radical (unpaired) electrons. The standard InChI is InChI=1S/C12H20N2O3S2/c1-2-18-12-6-4-3-5-11(12)14-19(15,16)9-10-7-8-17-13-10/h7-8,11-12,14H,2-6,9H2,1H3/t11-,12+/m1/s1. The molecule has 1 N–H and O–H groups in total. The van der Waals surface area contributed by atoms with Gasteiger partial charge in [0.05, 0.1) is 5.69 Å². The molecule has 0 aliphatic heterocycles. The third kappa shape index (κ3) is 4.50. The number of nitrogens with zero attached hydrogens (tertiary/aromatic N) is 1. The highest BCUT2D eigenvalue weighted by atomic mass is 32.2. The molecule has 0 spiro atoms. The summed E-state index contributed by atoms with van der Waals surface area (Å²) in [5.74, 6) is 0.912. The maximum atomic E-state index is 12.1. The Hall–Kier alpha value is -0.530. The van der Waals surface area contributed by atoms with E-state index in [1.807, 2.05) is 11.8 Å². The van der Waals surface area contributed by atoms with Crippen molar-refractivity contribution in [2.75, 3.05) is 5.75 Å². The molecule has 1 aromatic rings. The quantitative estimate of drug-likeness (QED) is 0.872. The predicted octanol–water partition coefficient (Wildman–Crippen LogP) is 2.16. The van der Waals surface area contributed by atoms with E-state index in [4.69, 9.17) is 0 Å². The number of rotatable bonds is 6. The van der Waals surface area contributed by atoms with Gasteiger partial charge in [0.15, 0.2) is 0 Å². The lowest BCUT2D eigenvalue weighted by Gasteiger charge is -2.31. The van der Waals surface area contributed by atoms with Gasteiger partial charge in [0, 0.05) is 17.4 Å². The minimum atomic E-state index is -3.34. The third-order valence-corrected chi connectivity index (χ3v) is 5.91. The van der Waals surface area contributed by atoms with Crippen molar-refractivity contribution in [2.45, 2.75) is 49.7 Å². The van der Waals surface area contributed by atoms with Gasteiger partial charge in [-0.3, -0.25) is 0 Å². The van der Waals surface area contributed by atoms with Crippen molar-refractivity contribution in [1.82, 2.24) is 9.88 Å². The van der Waals surface area contributed by atoms with Gasteiger partial charge in [-0.2, -0.15) is 11.8 Å². The van der Waals surface area contributed by atoms with Crippen molar-refractivity contribution in [3.8, 4) is 0 Å². The van der Waals surface area contributed by atoms with Gasteiger partial charge in [0.1, 0.15) is 12.0 Å². The average Bonchev–Trinajstić information content (AvgIpc) is 2.83. The van der Waals surface area contributed by atoms with Crippen LogP contribution in [0.15, 0.2) is 16.9 Å². The summed E-state index contributed by atoms with van der Waals surface area (Å²) in [6, 6.07) is 1.63. The van der Waals surface area contributed by atoms with E-state index in [1.165, 1.54) is 12.7 Å². The number of hydrogen-bond donors (Lipinski definition) is 1. The molecule has 1 aliphatic rings. The van der Waals surface area contributed by atoms with Crippen LogP contribution in [0.25, 0.3) is 0 Å². The molecular weight excluding hydrogens is 284 g/mol. The lowest BCUT2D eigenvalue weighted by atomic mass is 9.96. The Kier molecular flexibility index (Phi) is 5.29. The van der Waals surface area contributed by atoms with E-state index in [0.29, 0.717) is 10.9 Å². The molecule has 1 aliphatic carbocycles. The molecule has 19 heavy (non-hydrogen) atoms. The van der Waals surface area contributed by atoms with Crippen LogP contribution in [0.1, 0.15) is 38.3 Å². The van der Waals surface area contributed by atoms with Gasteiger partial charge in [-0.05, 0) is 18.6 Å². The molecule has 1 heterocycles. The first-order valence-electron chi connectivity index (χ1n) is 6.61. The van der Waals surface area contributed by atoms with Gasteiger partial charge in [-0.15, -0.1) is 0 Å². The maximum absolute atomic E-state index is 12.1. The predicted molar refractivity (Wildman–Crippen MR) is 76.4 cm³/mol. The van der Waals surface area contributed by atoms with Crippen molar-refractivity contribution >= 4 is 21.8 Å². The van der Waals surface area contributed by atoms with Crippen LogP contribution < -0.4 is 4.72 Å². The van der Waals surface area contributed by atoms with E-state index in [1.54, 1.807) is 6.07 Å². The fourth-order valence-electron chi connectivity index (χ4n) is 2.42. The largest absolute Gasteiger partial charge is 0.364 e. The van der Waals surface area contributed by atoms with Crippen LogP contribution in [0.2, 0.25) is 0 Å². The zero-order chi connectivity index (χ0) is 13.7. The third-order valence-electron chi connectivity index (χ3n) is 3.24. The van der Waals surface area contributed by atoms with Gasteiger partial charge in [0.25, 0.3) is 0 Å². The second-order valence-corrected chi connectivity index (χ2v) is 8.02. The molecule has 0 amide bonds. The molecule has 0 bridgehead atoms. The van der Waals surface area contributed by atoms with Crippen LogP contribution >= 0.6 is 11.8 Å². The topological polar surface area (TPSA) is 72.2 Å². The molecule has 1 saturated carbocycles. The van der Waals surface area contributed by atoms with E-state index in [-0.39, 0.29) is 11.8 Å². The minimum absolute atomic E-state index is 0.0515. The summed E-state index contributed by atoms with van der Waals surface area (Å²) >= 11 is 1.85. The smallest absolute Gasteiger partial charge is 0.217 e. The summed E-state index contributed by atoms with van der Waals surface area (Å²) in [5, 5.41) is 4.04. The Bertz CT molecular complexity index is 471. The Morgan fingerprint density at radius 1 is 1.47 bits per heavy atom. The summed E-state index contributed by atoms with van der Waals surface area (Å²) in [7, 11) is -3.34. The van der Waals surface area contributed by atoms with Crippen LogP contribution in [0.4, 0.5) is 0 Å². The van der Waals surface area contributed by atoms with Crippen LogP contribution in [0.5, 0.6) is 0 Å². The molecule has 2 rings (SSSR count). The van der Waals surface area contributed by atoms with Crippen LogP contribution in [-0.4, -0.2) is 30.6 Å². The van der Waals surface area contributed by atoms with Gasteiger partial charge in [0.2, 0.25) is 10.0 Å². The summed E-state index contributed by atoms with van der Waals surface area (Å²) in [5.41, 5.74) is 0.447. The summed E-state index contributed by atoms with van der Waals surface area (Å²) in [4.78, 5) is 0. The molecule has 0 saturated heterocycles. The first kappa shape index (κ1) is 14.9. The van der Waals surface area contributed by atoms with Crippen molar-refractivity contribution in [2.24, 2.45) is 0 Å². The highest BCUT2D eigenvalue weighted by molar-refractivity contribution is 8.00. The van der Waals surface area contributed by atoms with Crippen molar-refractivity contribution in [3.05, 3.63) is 18.0 Å². The molecule has 1 fully saturated rings. The van der Waals surface area contributed by atoms with Gasteiger partial charge in [-0.1, -0.05) is 24.9 Å². The fraction of sp³-hybridized carbons (Fsp3) is 0.750. The number of aromatic nitrogens is 1. The summed E-state index contributed by atoms with van der Waals surface area (Å²) in [6.45, 7) is 2.11. The zero-order valence-electron chi connectivity index (χ0n) is 11.0. The van der Waals surface area contributed by atoms with Crippen molar-refractivity contribution in [1.29, 1.82) is 0 Å². The molecule has 108 valence electrons. The first-order valence-corrected chi connectivity index (χ1v) is 9.31. The molecule has 0 aromatic carbocycles. The second-order valence-electron chi connectivity index (χ2n) is 4.75. The summed E-state index contributed by atoms with van der Waals surface area (Å²) in [6.07, 6.45) is 5.70. The van der Waals surface area contributed by atoms with Crippen molar-refractivity contribution < 1.29 is 12.9 Å². The Morgan fingerprint density at radius 3 is 2.95 bits per heavy atom. The van der Waals surface area contributed by atoms with Crippen LogP contribution in [0, 0.1) is 0 Å². The van der Waals surface area contributed by atoms with Gasteiger partial charge >= 0.3 is 0 Å². The highest BCUT2D eigenvalue weighted by Crippen LogP contribution is 2.29. The number of nitrogens with one attached hydrogen (secondary N) is 1. The van der Waals surface area contributed by atoms with Crippen LogP contribution in [-0.2, 0) is 15.8 Å². The monoisotopic (exact) mass is 304 g/mol. The lowest BCUT2D eigenvalue weighted by molar-refractivity contribution is 0.411. The maximum Gasteiger partial charge on any atom is 0.217 e. The Balaban J connectivity index is 1.97. The Labute approximate surface area is 118 Å². The summed E-state index contributed by atoms with van der Waals surface area (Å²) < 4.78 is 31.7. The molecule has 2 atom stereocenters. The second kappa shape index (κ2) is 6.76. The SMILES string of the molecule is CCS[C@H]1CCCC[C@H]1NS(=O)(=O)Cc1ccon1. The van der Waals surface area contributed by atoms with E-state index in [2.05, 4.69) is 21.3 Å².